The normalized spacial score (nSPS) is 31.3. The quantitative estimate of drug-likeness (QED) is 0.521. The Bertz CT molecular complexity index is 564. The van der Waals surface area contributed by atoms with Gasteiger partial charge in [-0.25, -0.2) is 0 Å². The number of carbonyl (C=O) groups excluding carboxylic acids is 2. The molecule has 2 saturated carbocycles. The average Bonchev–Trinajstić information content (AvgIpc) is 2.73. The molecule has 10 heteroatoms. The first-order chi connectivity index (χ1) is 13.4. The summed E-state index contributed by atoms with van der Waals surface area (Å²) in [4.78, 5) is 50.2. The molecule has 10 nitrogen and oxygen atoms in total. The molecule has 3 aliphatic rings. The summed E-state index contributed by atoms with van der Waals surface area (Å²) in [6.45, 7) is 1.96. The molecule has 1 saturated heterocycles. The predicted molar refractivity (Wildman–Crippen MR) is 98.6 cm³/mol. The molecule has 1 aliphatic heterocycles. The molecular formula is C18H28N4O6. The molecule has 0 unspecified atom stereocenters. The van der Waals surface area contributed by atoms with Gasteiger partial charge in [0, 0.05) is 73.5 Å². The zero-order chi connectivity index (χ0) is 20.3. The van der Waals surface area contributed by atoms with Crippen LogP contribution in [0.3, 0.4) is 0 Å². The van der Waals surface area contributed by atoms with Crippen LogP contribution in [0.25, 0.3) is 0 Å². The standard InChI is InChI=1S/C18H28N4O6/c23-17(13-1-5-15(6-2-13)21(25)26)19-9-11-20(12-10-19)18(24)14-3-7-16(8-4-14)22(27)28/h13-16H,1-12H2. The first-order valence-electron chi connectivity index (χ1n) is 10.2. The first kappa shape index (κ1) is 20.5. The van der Waals surface area contributed by atoms with Crippen LogP contribution in [0.1, 0.15) is 51.4 Å². The molecule has 0 radical (unpaired) electrons. The number of nitrogens with zero attached hydrogens (tertiary/aromatic N) is 4. The molecule has 1 heterocycles. The fraction of sp³-hybridized carbons (Fsp3) is 0.889. The first-order valence-corrected chi connectivity index (χ1v) is 10.2. The van der Waals surface area contributed by atoms with Crippen molar-refractivity contribution in [2.45, 2.75) is 63.5 Å². The molecule has 0 atom stereocenters. The van der Waals surface area contributed by atoms with Crippen molar-refractivity contribution in [2.24, 2.45) is 11.8 Å². The van der Waals surface area contributed by atoms with Crippen LogP contribution in [0.2, 0.25) is 0 Å². The van der Waals surface area contributed by atoms with Crippen LogP contribution in [-0.4, -0.2) is 69.7 Å². The van der Waals surface area contributed by atoms with Crippen molar-refractivity contribution in [1.82, 2.24) is 9.80 Å². The number of amides is 2. The number of carbonyl (C=O) groups is 2. The van der Waals surface area contributed by atoms with Gasteiger partial charge < -0.3 is 9.80 Å². The van der Waals surface area contributed by atoms with Gasteiger partial charge in [0.1, 0.15) is 0 Å². The third kappa shape index (κ3) is 4.59. The molecule has 0 aromatic carbocycles. The molecule has 3 rings (SSSR count). The van der Waals surface area contributed by atoms with E-state index in [1.54, 1.807) is 9.80 Å². The SMILES string of the molecule is O=C(C1CCC([N+](=O)[O-])CC1)N1CCN(C(=O)C2CCC([N+](=O)[O-])CC2)CC1. The molecular weight excluding hydrogens is 368 g/mol. The Labute approximate surface area is 163 Å². The van der Waals surface area contributed by atoms with Gasteiger partial charge in [-0.1, -0.05) is 0 Å². The maximum absolute atomic E-state index is 12.7. The third-order valence-electron chi connectivity index (χ3n) is 6.59. The van der Waals surface area contributed by atoms with Crippen LogP contribution < -0.4 is 0 Å². The summed E-state index contributed by atoms with van der Waals surface area (Å²) in [5.41, 5.74) is 0. The molecule has 0 bridgehead atoms. The summed E-state index contributed by atoms with van der Waals surface area (Å²) in [7, 11) is 0. The lowest BCUT2D eigenvalue weighted by molar-refractivity contribution is -0.526. The van der Waals surface area contributed by atoms with Gasteiger partial charge >= 0.3 is 0 Å². The van der Waals surface area contributed by atoms with Gasteiger partial charge in [0.25, 0.3) is 0 Å². The molecule has 28 heavy (non-hydrogen) atoms. The van der Waals surface area contributed by atoms with Crippen molar-refractivity contribution >= 4 is 11.8 Å². The summed E-state index contributed by atoms with van der Waals surface area (Å²) < 4.78 is 0. The van der Waals surface area contributed by atoms with Gasteiger partial charge in [-0.3, -0.25) is 29.8 Å². The van der Waals surface area contributed by atoms with Crippen LogP contribution >= 0.6 is 0 Å². The number of nitro groups is 2. The summed E-state index contributed by atoms with van der Waals surface area (Å²) in [5, 5.41) is 21.7. The maximum Gasteiger partial charge on any atom is 0.225 e. The maximum atomic E-state index is 12.7. The minimum atomic E-state index is -0.524. The number of rotatable bonds is 4. The van der Waals surface area contributed by atoms with Crippen LogP contribution in [-0.2, 0) is 9.59 Å². The zero-order valence-corrected chi connectivity index (χ0v) is 16.0. The van der Waals surface area contributed by atoms with E-state index in [0.717, 1.165) is 0 Å². The highest BCUT2D eigenvalue weighted by molar-refractivity contribution is 5.81. The summed E-state index contributed by atoms with van der Waals surface area (Å²) in [5.74, 6) is -0.174. The molecule has 0 aromatic heterocycles. The number of piperazine rings is 1. The second-order valence-corrected chi connectivity index (χ2v) is 8.23. The van der Waals surface area contributed by atoms with E-state index in [-0.39, 0.29) is 33.5 Å². The lowest BCUT2D eigenvalue weighted by Gasteiger charge is -2.39. The van der Waals surface area contributed by atoms with Crippen molar-refractivity contribution < 1.29 is 19.4 Å². The smallest absolute Gasteiger partial charge is 0.225 e. The number of hydrogen-bond acceptors (Lipinski definition) is 6. The van der Waals surface area contributed by atoms with Gasteiger partial charge in [-0.15, -0.1) is 0 Å². The van der Waals surface area contributed by atoms with Crippen LogP contribution in [0.15, 0.2) is 0 Å². The molecule has 2 aliphatic carbocycles. The second-order valence-electron chi connectivity index (χ2n) is 8.23. The summed E-state index contributed by atoms with van der Waals surface area (Å²) in [6.07, 6.45) is 4.05. The lowest BCUT2D eigenvalue weighted by Crippen LogP contribution is -2.53. The molecule has 0 spiro atoms. The van der Waals surface area contributed by atoms with E-state index in [9.17, 15) is 29.8 Å². The van der Waals surface area contributed by atoms with Gasteiger partial charge in [0.15, 0.2) is 0 Å². The fourth-order valence-corrected chi connectivity index (χ4v) is 4.73. The fourth-order valence-electron chi connectivity index (χ4n) is 4.73. The highest BCUT2D eigenvalue weighted by atomic mass is 16.6. The second kappa shape index (κ2) is 8.83. The van der Waals surface area contributed by atoms with E-state index in [0.29, 0.717) is 77.5 Å². The van der Waals surface area contributed by atoms with E-state index in [1.165, 1.54) is 0 Å². The molecule has 156 valence electrons. The van der Waals surface area contributed by atoms with Gasteiger partial charge in [0.2, 0.25) is 23.9 Å². The summed E-state index contributed by atoms with van der Waals surface area (Å²) in [6, 6.07) is -1.05. The van der Waals surface area contributed by atoms with Crippen LogP contribution in [0, 0.1) is 32.1 Å². The minimum Gasteiger partial charge on any atom is -0.339 e. The van der Waals surface area contributed by atoms with Crippen LogP contribution in [0.5, 0.6) is 0 Å². The Morgan fingerprint density at radius 3 is 1.14 bits per heavy atom. The van der Waals surface area contributed by atoms with Gasteiger partial charge in [-0.2, -0.15) is 0 Å². The Balaban J connectivity index is 1.43. The zero-order valence-electron chi connectivity index (χ0n) is 16.0. The van der Waals surface area contributed by atoms with Crippen molar-refractivity contribution in [3.8, 4) is 0 Å². The van der Waals surface area contributed by atoms with E-state index in [4.69, 9.17) is 0 Å². The molecule has 3 fully saturated rings. The highest BCUT2D eigenvalue weighted by Crippen LogP contribution is 2.29. The van der Waals surface area contributed by atoms with Crippen molar-refractivity contribution in [1.29, 1.82) is 0 Å². The number of hydrogen-bond donors (Lipinski definition) is 0. The van der Waals surface area contributed by atoms with E-state index in [2.05, 4.69) is 0 Å². The lowest BCUT2D eigenvalue weighted by atomic mass is 9.85. The van der Waals surface area contributed by atoms with Crippen LogP contribution in [0.4, 0.5) is 0 Å². The Morgan fingerprint density at radius 2 is 0.893 bits per heavy atom. The van der Waals surface area contributed by atoms with Gasteiger partial charge in [-0.05, 0) is 25.7 Å². The van der Waals surface area contributed by atoms with Crippen molar-refractivity contribution in [3.63, 3.8) is 0 Å². The van der Waals surface area contributed by atoms with Crippen molar-refractivity contribution in [3.05, 3.63) is 20.2 Å². The van der Waals surface area contributed by atoms with Crippen molar-refractivity contribution in [2.75, 3.05) is 26.2 Å². The van der Waals surface area contributed by atoms with Gasteiger partial charge in [0.05, 0.1) is 0 Å². The Morgan fingerprint density at radius 1 is 0.607 bits per heavy atom. The molecule has 2 amide bonds. The minimum absolute atomic E-state index is 0.0559. The molecule has 0 N–H and O–H groups in total. The molecule has 0 aromatic rings. The highest BCUT2D eigenvalue weighted by Gasteiger charge is 2.37. The van der Waals surface area contributed by atoms with E-state index >= 15 is 0 Å². The van der Waals surface area contributed by atoms with E-state index < -0.39 is 12.1 Å². The van der Waals surface area contributed by atoms with E-state index in [1.807, 2.05) is 0 Å². The third-order valence-corrected chi connectivity index (χ3v) is 6.59. The summed E-state index contributed by atoms with van der Waals surface area (Å²) >= 11 is 0. The Kier molecular flexibility index (Phi) is 6.46. The topological polar surface area (TPSA) is 127 Å². The largest absolute Gasteiger partial charge is 0.339 e. The monoisotopic (exact) mass is 396 g/mol. The average molecular weight is 396 g/mol. The Hall–Kier alpha value is -2.26. The predicted octanol–water partition coefficient (Wildman–Crippen LogP) is 1.33.